The average molecular weight is 413 g/mol. The number of esters is 1. The number of aromatic nitrogens is 1. The van der Waals surface area contributed by atoms with Crippen LogP contribution >= 0.6 is 0 Å². The lowest BCUT2D eigenvalue weighted by atomic mass is 9.96. The highest BCUT2D eigenvalue weighted by atomic mass is 19.4. The normalized spacial score (nSPS) is 12.3. The number of hydrogen-bond acceptors (Lipinski definition) is 3. The number of benzene rings is 2. The van der Waals surface area contributed by atoms with Gasteiger partial charge in [0.05, 0.1) is 35.0 Å². The Bertz CT molecular complexity index is 1100. The fourth-order valence-corrected chi connectivity index (χ4v) is 3.02. The lowest BCUT2D eigenvalue weighted by Crippen LogP contribution is -2.10. The Kier molecular flexibility index (Phi) is 5.02. The number of halogens is 6. The number of carbonyl (C=O) groups excluding carboxylic acids is 1. The molecule has 0 aliphatic carbocycles. The Labute approximate surface area is 160 Å². The second-order valence-electron chi connectivity index (χ2n) is 6.26. The zero-order valence-electron chi connectivity index (χ0n) is 15.1. The van der Waals surface area contributed by atoms with Crippen molar-refractivity contribution in [2.24, 2.45) is 0 Å². The number of alkyl halides is 6. The quantitative estimate of drug-likeness (QED) is 0.380. The first-order chi connectivity index (χ1) is 13.4. The molecular formula is C20H13F6NO2. The third-order valence-electron chi connectivity index (χ3n) is 4.41. The molecule has 29 heavy (non-hydrogen) atoms. The van der Waals surface area contributed by atoms with Crippen molar-refractivity contribution in [3.8, 4) is 11.3 Å². The van der Waals surface area contributed by atoms with Gasteiger partial charge in [0.15, 0.2) is 0 Å². The molecule has 0 bridgehead atoms. The standard InChI is InChI=1S/C20H13F6NO2/c1-10-16(18(28)29-2)14-9-13(20(24,25)26)6-7-15(14)27-17(10)11-4-3-5-12(8-11)19(21,22)23/h3-9H,1-2H3. The lowest BCUT2D eigenvalue weighted by molar-refractivity contribution is -0.138. The molecule has 1 aromatic heterocycles. The van der Waals surface area contributed by atoms with E-state index in [9.17, 15) is 31.1 Å². The van der Waals surface area contributed by atoms with Gasteiger partial charge in [-0.2, -0.15) is 26.3 Å². The first-order valence-electron chi connectivity index (χ1n) is 8.21. The van der Waals surface area contributed by atoms with Gasteiger partial charge in [-0.05, 0) is 42.8 Å². The number of nitrogens with zero attached hydrogens (tertiary/aromatic N) is 1. The molecule has 0 saturated carbocycles. The molecule has 2 aromatic carbocycles. The van der Waals surface area contributed by atoms with Crippen molar-refractivity contribution in [2.75, 3.05) is 7.11 Å². The minimum atomic E-state index is -4.64. The van der Waals surface area contributed by atoms with Crippen LogP contribution in [-0.4, -0.2) is 18.1 Å². The first kappa shape index (κ1) is 20.6. The highest BCUT2D eigenvalue weighted by Crippen LogP contribution is 2.37. The monoisotopic (exact) mass is 413 g/mol. The molecular weight excluding hydrogens is 400 g/mol. The molecule has 3 aromatic rings. The number of carbonyl (C=O) groups is 1. The van der Waals surface area contributed by atoms with Crippen LogP contribution in [0, 0.1) is 6.92 Å². The fraction of sp³-hybridized carbons (Fsp3) is 0.200. The van der Waals surface area contributed by atoms with Crippen LogP contribution < -0.4 is 0 Å². The van der Waals surface area contributed by atoms with Gasteiger partial charge in [-0.25, -0.2) is 9.78 Å². The maximum atomic E-state index is 13.1. The molecule has 9 heteroatoms. The van der Waals surface area contributed by atoms with Crippen molar-refractivity contribution in [1.82, 2.24) is 4.98 Å². The number of methoxy groups -OCH3 is 1. The number of ether oxygens (including phenoxy) is 1. The van der Waals surface area contributed by atoms with Crippen LogP contribution in [0.1, 0.15) is 27.0 Å². The number of hydrogen-bond donors (Lipinski definition) is 0. The molecule has 0 N–H and O–H groups in total. The van der Waals surface area contributed by atoms with Crippen molar-refractivity contribution in [2.45, 2.75) is 19.3 Å². The Hall–Kier alpha value is -3.10. The molecule has 3 nitrogen and oxygen atoms in total. The topological polar surface area (TPSA) is 39.2 Å². The molecule has 0 spiro atoms. The maximum Gasteiger partial charge on any atom is 0.416 e. The van der Waals surface area contributed by atoms with E-state index in [2.05, 4.69) is 4.98 Å². The SMILES string of the molecule is COC(=O)c1c(C)c(-c2cccc(C(F)(F)F)c2)nc2ccc(C(F)(F)F)cc12. The molecule has 0 atom stereocenters. The van der Waals surface area contributed by atoms with E-state index in [0.717, 1.165) is 37.4 Å². The Morgan fingerprint density at radius 3 is 2.14 bits per heavy atom. The highest BCUT2D eigenvalue weighted by Gasteiger charge is 2.33. The van der Waals surface area contributed by atoms with Crippen molar-refractivity contribution < 1.29 is 35.9 Å². The van der Waals surface area contributed by atoms with Gasteiger partial charge in [0.25, 0.3) is 0 Å². The first-order valence-corrected chi connectivity index (χ1v) is 8.21. The molecule has 0 amide bonds. The minimum absolute atomic E-state index is 0.0245. The van der Waals surface area contributed by atoms with Crippen LogP contribution in [0.15, 0.2) is 42.5 Å². The van der Waals surface area contributed by atoms with Crippen LogP contribution in [-0.2, 0) is 17.1 Å². The van der Waals surface area contributed by atoms with Crippen molar-refractivity contribution in [3.63, 3.8) is 0 Å². The van der Waals surface area contributed by atoms with Gasteiger partial charge in [-0.3, -0.25) is 0 Å². The molecule has 1 heterocycles. The predicted molar refractivity (Wildman–Crippen MR) is 93.3 cm³/mol. The van der Waals surface area contributed by atoms with Crippen molar-refractivity contribution in [3.05, 3.63) is 64.7 Å². The summed E-state index contributed by atoms with van der Waals surface area (Å²) in [6.45, 7) is 1.40. The smallest absolute Gasteiger partial charge is 0.416 e. The van der Waals surface area contributed by atoms with Crippen LogP contribution in [0.5, 0.6) is 0 Å². The summed E-state index contributed by atoms with van der Waals surface area (Å²) >= 11 is 0. The number of rotatable bonds is 2. The summed E-state index contributed by atoms with van der Waals surface area (Å²) in [5, 5.41) is -0.0973. The van der Waals surface area contributed by atoms with E-state index < -0.39 is 29.4 Å². The molecule has 0 aliphatic heterocycles. The summed E-state index contributed by atoms with van der Waals surface area (Å²) in [5.41, 5.74) is -1.82. The van der Waals surface area contributed by atoms with E-state index in [1.165, 1.54) is 19.1 Å². The van der Waals surface area contributed by atoms with Gasteiger partial charge in [-0.1, -0.05) is 12.1 Å². The molecule has 3 rings (SSSR count). The Morgan fingerprint density at radius 1 is 0.931 bits per heavy atom. The summed E-state index contributed by atoms with van der Waals surface area (Å²) in [4.78, 5) is 16.5. The van der Waals surface area contributed by atoms with Crippen LogP contribution in [0.25, 0.3) is 22.2 Å². The summed E-state index contributed by atoms with van der Waals surface area (Å²) in [5.74, 6) is -0.914. The van der Waals surface area contributed by atoms with Gasteiger partial charge in [0.2, 0.25) is 0 Å². The van der Waals surface area contributed by atoms with Gasteiger partial charge in [0.1, 0.15) is 0 Å². The van der Waals surface area contributed by atoms with Crippen LogP contribution in [0.3, 0.4) is 0 Å². The lowest BCUT2D eigenvalue weighted by Gasteiger charge is -2.16. The summed E-state index contributed by atoms with van der Waals surface area (Å²) in [6.07, 6.45) is -9.23. The largest absolute Gasteiger partial charge is 0.465 e. The zero-order chi connectivity index (χ0) is 21.6. The average Bonchev–Trinajstić information content (AvgIpc) is 2.65. The third kappa shape index (κ3) is 3.90. The van der Waals surface area contributed by atoms with Crippen molar-refractivity contribution >= 4 is 16.9 Å². The van der Waals surface area contributed by atoms with Gasteiger partial charge >= 0.3 is 18.3 Å². The molecule has 0 aliphatic rings. The zero-order valence-corrected chi connectivity index (χ0v) is 15.1. The van der Waals surface area contributed by atoms with Crippen molar-refractivity contribution in [1.29, 1.82) is 0 Å². The number of pyridine rings is 1. The molecule has 0 unspecified atom stereocenters. The fourth-order valence-electron chi connectivity index (χ4n) is 3.02. The number of fused-ring (bicyclic) bond motifs is 1. The molecule has 0 fully saturated rings. The van der Waals surface area contributed by atoms with Gasteiger partial charge in [0, 0.05) is 10.9 Å². The second kappa shape index (κ2) is 7.06. The predicted octanol–water partition coefficient (Wildman–Crippen LogP) is 6.03. The second-order valence-corrected chi connectivity index (χ2v) is 6.26. The van der Waals surface area contributed by atoms with E-state index in [-0.39, 0.29) is 33.3 Å². The van der Waals surface area contributed by atoms with Crippen LogP contribution in [0.2, 0.25) is 0 Å². The van der Waals surface area contributed by atoms with E-state index in [1.807, 2.05) is 0 Å². The summed E-state index contributed by atoms with van der Waals surface area (Å²) < 4.78 is 83.1. The van der Waals surface area contributed by atoms with E-state index in [0.29, 0.717) is 0 Å². The Balaban J connectivity index is 2.33. The minimum Gasteiger partial charge on any atom is -0.465 e. The molecule has 0 radical (unpaired) electrons. The third-order valence-corrected chi connectivity index (χ3v) is 4.41. The van der Waals surface area contributed by atoms with E-state index in [1.54, 1.807) is 0 Å². The van der Waals surface area contributed by atoms with Gasteiger partial charge < -0.3 is 4.74 Å². The van der Waals surface area contributed by atoms with E-state index >= 15 is 0 Å². The van der Waals surface area contributed by atoms with Crippen LogP contribution in [0.4, 0.5) is 26.3 Å². The van der Waals surface area contributed by atoms with Gasteiger partial charge in [-0.15, -0.1) is 0 Å². The van der Waals surface area contributed by atoms with E-state index in [4.69, 9.17) is 4.74 Å². The maximum absolute atomic E-state index is 13.1. The summed E-state index contributed by atoms with van der Waals surface area (Å²) in [6, 6.07) is 6.96. The Morgan fingerprint density at radius 2 is 1.55 bits per heavy atom. The highest BCUT2D eigenvalue weighted by molar-refractivity contribution is 6.06. The summed E-state index contributed by atoms with van der Waals surface area (Å²) in [7, 11) is 1.06. The molecule has 0 saturated heterocycles. The molecule has 152 valence electrons.